The van der Waals surface area contributed by atoms with Crippen LogP contribution in [0.25, 0.3) is 21.9 Å². The number of aromatic amines is 1. The maximum absolute atomic E-state index is 14.4. The van der Waals surface area contributed by atoms with Crippen LogP contribution in [0, 0.1) is 17.6 Å². The van der Waals surface area contributed by atoms with Gasteiger partial charge in [0.15, 0.2) is 0 Å². The Morgan fingerprint density at radius 3 is 2.76 bits per heavy atom. The molecule has 3 aliphatic rings. The molecule has 9 heteroatoms. The van der Waals surface area contributed by atoms with E-state index in [1.165, 1.54) is 58.0 Å². The van der Waals surface area contributed by atoms with Crippen molar-refractivity contribution in [3.05, 3.63) is 65.6 Å². The third-order valence-electron chi connectivity index (χ3n) is 9.56. The van der Waals surface area contributed by atoms with Gasteiger partial charge in [0.25, 0.3) is 5.91 Å². The van der Waals surface area contributed by atoms with Crippen LogP contribution in [0.15, 0.2) is 47.1 Å². The standard InChI is InChI=1S/C33H38F2N4O3/c34-23-15-26(35)32-22(20-42-31(32)16-23)19-41-30-8-3-6-27-25(30)17-28(37-27)33(40)36-24-9-13-38(14-10-24)18-21-5-4-12-39-11-2-1-7-29(21)39/h3,6,8,15-17,20-21,24,29,37H,1-2,4-5,7,9-14,18-19H2,(H,36,40)/t21-,29+/m0/s1. The summed E-state index contributed by atoms with van der Waals surface area (Å²) < 4.78 is 39.3. The first kappa shape index (κ1) is 27.4. The Balaban J connectivity index is 0.957. The molecule has 222 valence electrons. The van der Waals surface area contributed by atoms with E-state index < -0.39 is 11.6 Å². The molecule has 2 N–H and O–H groups in total. The molecule has 3 fully saturated rings. The molecule has 42 heavy (non-hydrogen) atoms. The molecule has 0 radical (unpaired) electrons. The molecule has 0 aliphatic carbocycles. The first-order valence-electron chi connectivity index (χ1n) is 15.4. The molecule has 0 spiro atoms. The zero-order valence-corrected chi connectivity index (χ0v) is 23.8. The highest BCUT2D eigenvalue weighted by atomic mass is 19.1. The molecule has 7 nitrogen and oxygen atoms in total. The van der Waals surface area contributed by atoms with Crippen molar-refractivity contribution in [2.24, 2.45) is 5.92 Å². The third-order valence-corrected chi connectivity index (χ3v) is 9.56. The van der Waals surface area contributed by atoms with Crippen LogP contribution in [0.3, 0.4) is 0 Å². The van der Waals surface area contributed by atoms with E-state index in [0.29, 0.717) is 17.0 Å². The van der Waals surface area contributed by atoms with Crippen molar-refractivity contribution in [3.8, 4) is 5.75 Å². The Bertz CT molecular complexity index is 1570. The summed E-state index contributed by atoms with van der Waals surface area (Å²) in [5.74, 6) is -0.155. The van der Waals surface area contributed by atoms with E-state index >= 15 is 0 Å². The Labute approximate surface area is 244 Å². The van der Waals surface area contributed by atoms with Crippen LogP contribution in [-0.4, -0.2) is 65.5 Å². The smallest absolute Gasteiger partial charge is 0.267 e. The van der Waals surface area contributed by atoms with Crippen molar-refractivity contribution >= 4 is 27.8 Å². The van der Waals surface area contributed by atoms with Gasteiger partial charge in [-0.2, -0.15) is 0 Å². The minimum atomic E-state index is -0.689. The number of carbonyl (C=O) groups excluding carboxylic acids is 1. The number of halogens is 2. The third kappa shape index (κ3) is 5.52. The van der Waals surface area contributed by atoms with Crippen LogP contribution in [0.4, 0.5) is 8.78 Å². The van der Waals surface area contributed by atoms with E-state index in [0.717, 1.165) is 60.9 Å². The number of furan rings is 1. The Morgan fingerprint density at radius 2 is 1.88 bits per heavy atom. The Morgan fingerprint density at radius 1 is 1.02 bits per heavy atom. The molecule has 2 aromatic heterocycles. The maximum atomic E-state index is 14.4. The number of nitrogens with one attached hydrogen (secondary N) is 2. The molecule has 2 aromatic carbocycles. The van der Waals surface area contributed by atoms with Crippen LogP contribution in [-0.2, 0) is 6.61 Å². The van der Waals surface area contributed by atoms with E-state index in [9.17, 15) is 13.6 Å². The second kappa shape index (κ2) is 11.7. The van der Waals surface area contributed by atoms with Crippen LogP contribution in [0.1, 0.15) is 61.0 Å². The Kier molecular flexibility index (Phi) is 7.63. The van der Waals surface area contributed by atoms with Crippen LogP contribution in [0.5, 0.6) is 5.75 Å². The summed E-state index contributed by atoms with van der Waals surface area (Å²) in [6.45, 7) is 5.83. The van der Waals surface area contributed by atoms with Crippen LogP contribution >= 0.6 is 0 Å². The number of hydrogen-bond donors (Lipinski definition) is 2. The van der Waals surface area contributed by atoms with Gasteiger partial charge in [-0.05, 0) is 75.7 Å². The van der Waals surface area contributed by atoms with Gasteiger partial charge in [-0.15, -0.1) is 0 Å². The van der Waals surface area contributed by atoms with Gasteiger partial charge in [0.05, 0.1) is 11.6 Å². The van der Waals surface area contributed by atoms with E-state index in [2.05, 4.69) is 20.1 Å². The quantitative estimate of drug-likeness (QED) is 0.273. The zero-order valence-electron chi connectivity index (χ0n) is 23.8. The minimum absolute atomic E-state index is 0.0413. The maximum Gasteiger partial charge on any atom is 0.267 e. The summed E-state index contributed by atoms with van der Waals surface area (Å²) in [6, 6.07) is 10.3. The average molecular weight is 577 g/mol. The van der Waals surface area contributed by atoms with Crippen molar-refractivity contribution in [1.29, 1.82) is 0 Å². The number of likely N-dealkylation sites (tertiary alicyclic amines) is 1. The molecule has 0 saturated carbocycles. The number of ether oxygens (including phenoxy) is 1. The fraction of sp³-hybridized carbons (Fsp3) is 0.485. The van der Waals surface area contributed by atoms with E-state index in [-0.39, 0.29) is 29.5 Å². The number of aromatic nitrogens is 1. The molecule has 7 rings (SSSR count). The largest absolute Gasteiger partial charge is 0.488 e. The average Bonchev–Trinajstić information content (AvgIpc) is 3.62. The van der Waals surface area contributed by atoms with Gasteiger partial charge < -0.3 is 29.3 Å². The summed E-state index contributed by atoms with van der Waals surface area (Å²) in [4.78, 5) is 21.8. The number of piperidine rings is 3. The van der Waals surface area contributed by atoms with Gasteiger partial charge in [-0.25, -0.2) is 8.78 Å². The summed E-state index contributed by atoms with van der Waals surface area (Å²) >= 11 is 0. The SMILES string of the molecule is O=C(NC1CCN(C[C@@H]2CCCN3CCCC[C@H]23)CC1)c1cc2c(OCc3coc4cc(F)cc(F)c34)cccc2[nH]1. The summed E-state index contributed by atoms with van der Waals surface area (Å²) in [5, 5.41) is 4.21. The lowest BCUT2D eigenvalue weighted by molar-refractivity contribution is 0.0351. The highest BCUT2D eigenvalue weighted by molar-refractivity contribution is 5.99. The number of rotatable bonds is 7. The molecule has 4 aromatic rings. The lowest BCUT2D eigenvalue weighted by atomic mass is 9.83. The van der Waals surface area contributed by atoms with Crippen molar-refractivity contribution in [1.82, 2.24) is 20.1 Å². The van der Waals surface area contributed by atoms with E-state index in [1.54, 1.807) is 6.07 Å². The molecule has 1 amide bonds. The lowest BCUT2D eigenvalue weighted by Crippen LogP contribution is -2.52. The molecule has 5 heterocycles. The van der Waals surface area contributed by atoms with Gasteiger partial charge in [-0.1, -0.05) is 12.5 Å². The molecular formula is C33H38F2N4O3. The minimum Gasteiger partial charge on any atom is -0.488 e. The van der Waals surface area contributed by atoms with Crippen molar-refractivity contribution < 1.29 is 22.7 Å². The van der Waals surface area contributed by atoms with Crippen molar-refractivity contribution in [3.63, 3.8) is 0 Å². The second-order valence-electron chi connectivity index (χ2n) is 12.3. The number of nitrogens with zero attached hydrogens (tertiary/aromatic N) is 2. The first-order valence-corrected chi connectivity index (χ1v) is 15.4. The predicted octanol–water partition coefficient (Wildman–Crippen LogP) is 6.23. The highest BCUT2D eigenvalue weighted by Gasteiger charge is 2.34. The van der Waals surface area contributed by atoms with Gasteiger partial charge in [0.2, 0.25) is 0 Å². The van der Waals surface area contributed by atoms with E-state index in [4.69, 9.17) is 9.15 Å². The van der Waals surface area contributed by atoms with E-state index in [1.807, 2.05) is 18.2 Å². The molecule has 3 saturated heterocycles. The summed E-state index contributed by atoms with van der Waals surface area (Å²) in [6.07, 6.45) is 10.1. The molecule has 0 unspecified atom stereocenters. The van der Waals surface area contributed by atoms with Crippen molar-refractivity contribution in [2.75, 3.05) is 32.7 Å². The fourth-order valence-corrected chi connectivity index (χ4v) is 7.43. The number of fused-ring (bicyclic) bond motifs is 3. The number of H-pyrrole nitrogens is 1. The monoisotopic (exact) mass is 576 g/mol. The van der Waals surface area contributed by atoms with Gasteiger partial charge >= 0.3 is 0 Å². The zero-order chi connectivity index (χ0) is 28.6. The first-order chi connectivity index (χ1) is 20.5. The lowest BCUT2D eigenvalue weighted by Gasteiger charge is -2.46. The molecule has 0 bridgehead atoms. The number of carbonyl (C=O) groups is 1. The molecular weight excluding hydrogens is 538 g/mol. The van der Waals surface area contributed by atoms with Gasteiger partial charge in [0.1, 0.15) is 35.3 Å². The van der Waals surface area contributed by atoms with Gasteiger partial charge in [0, 0.05) is 60.3 Å². The Hall–Kier alpha value is -3.43. The number of hydrogen-bond acceptors (Lipinski definition) is 5. The van der Waals surface area contributed by atoms with Crippen LogP contribution < -0.4 is 10.1 Å². The summed E-state index contributed by atoms with van der Waals surface area (Å²) in [7, 11) is 0. The second-order valence-corrected chi connectivity index (χ2v) is 12.3. The van der Waals surface area contributed by atoms with Gasteiger partial charge in [-0.3, -0.25) is 4.79 Å². The molecule has 2 atom stereocenters. The topological polar surface area (TPSA) is 73.7 Å². The highest BCUT2D eigenvalue weighted by Crippen LogP contribution is 2.33. The number of amides is 1. The van der Waals surface area contributed by atoms with Crippen LogP contribution in [0.2, 0.25) is 0 Å². The normalized spacial score (nSPS) is 22.4. The predicted molar refractivity (Wildman–Crippen MR) is 158 cm³/mol. The fourth-order valence-electron chi connectivity index (χ4n) is 7.43. The summed E-state index contributed by atoms with van der Waals surface area (Å²) in [5.41, 5.74) is 1.89. The van der Waals surface area contributed by atoms with Crippen molar-refractivity contribution in [2.45, 2.75) is 63.6 Å². The molecule has 3 aliphatic heterocycles. The number of benzene rings is 2.